The maximum atomic E-state index is 12.5. The predicted octanol–water partition coefficient (Wildman–Crippen LogP) is 2.88. The fraction of sp³-hybridized carbons (Fsp3) is 0.200. The third-order valence-electron chi connectivity index (χ3n) is 2.10. The number of aromatic carboxylic acids is 1. The lowest BCUT2D eigenvalue weighted by molar-refractivity contribution is 0.0670. The van der Waals surface area contributed by atoms with Gasteiger partial charge in [-0.15, -0.1) is 0 Å². The van der Waals surface area contributed by atoms with Crippen LogP contribution in [0.4, 0.5) is 8.78 Å². The van der Waals surface area contributed by atoms with Gasteiger partial charge in [-0.05, 0) is 19.1 Å². The summed E-state index contributed by atoms with van der Waals surface area (Å²) in [5, 5.41) is 12.2. The molecule has 0 spiro atoms. The number of aryl methyl sites for hydroxylation is 1. The lowest BCUT2D eigenvalue weighted by atomic mass is 10.1. The minimum absolute atomic E-state index is 0.0792. The van der Waals surface area contributed by atoms with Crippen molar-refractivity contribution in [1.29, 1.82) is 0 Å². The van der Waals surface area contributed by atoms with Crippen LogP contribution in [-0.4, -0.2) is 16.2 Å². The van der Waals surface area contributed by atoms with Crippen LogP contribution in [0.3, 0.4) is 0 Å². The third kappa shape index (κ3) is 1.91. The number of alkyl halides is 2. The van der Waals surface area contributed by atoms with E-state index < -0.39 is 23.7 Å². The van der Waals surface area contributed by atoms with Crippen molar-refractivity contribution in [2.45, 2.75) is 13.3 Å². The summed E-state index contributed by atoms with van der Waals surface area (Å²) in [6.07, 6.45) is -3.04. The third-order valence-corrected chi connectivity index (χ3v) is 2.10. The molecule has 7 heteroatoms. The summed E-state index contributed by atoms with van der Waals surface area (Å²) in [5.41, 5.74) is -0.907. The van der Waals surface area contributed by atoms with Gasteiger partial charge >= 0.3 is 5.97 Å². The molecule has 0 amide bonds. The number of nitrogens with zero attached hydrogens (tertiary/aromatic N) is 1. The molecule has 5 nitrogen and oxygen atoms in total. The number of aromatic nitrogens is 1. The molecule has 0 aromatic carbocycles. The summed E-state index contributed by atoms with van der Waals surface area (Å²) >= 11 is 0. The van der Waals surface area contributed by atoms with E-state index in [2.05, 4.69) is 9.68 Å². The van der Waals surface area contributed by atoms with Gasteiger partial charge in [0.1, 0.15) is 11.3 Å². The van der Waals surface area contributed by atoms with E-state index in [0.29, 0.717) is 5.76 Å². The van der Waals surface area contributed by atoms with Gasteiger partial charge in [-0.25, -0.2) is 13.6 Å². The van der Waals surface area contributed by atoms with Crippen LogP contribution in [-0.2, 0) is 0 Å². The van der Waals surface area contributed by atoms with E-state index in [1.807, 2.05) is 0 Å². The summed E-state index contributed by atoms with van der Waals surface area (Å²) in [7, 11) is 0. The molecule has 0 bridgehead atoms. The second-order valence-electron chi connectivity index (χ2n) is 3.29. The van der Waals surface area contributed by atoms with Gasteiger partial charge in [0.15, 0.2) is 11.5 Å². The fourth-order valence-electron chi connectivity index (χ4n) is 1.39. The first-order valence-corrected chi connectivity index (χ1v) is 4.58. The molecule has 0 saturated carbocycles. The minimum Gasteiger partial charge on any atom is -0.477 e. The second-order valence-corrected chi connectivity index (χ2v) is 3.29. The molecule has 2 aromatic heterocycles. The van der Waals surface area contributed by atoms with Crippen molar-refractivity contribution < 1.29 is 27.6 Å². The van der Waals surface area contributed by atoms with Crippen molar-refractivity contribution in [3.63, 3.8) is 0 Å². The molecule has 0 aliphatic carbocycles. The Morgan fingerprint density at radius 2 is 2.18 bits per heavy atom. The van der Waals surface area contributed by atoms with Crippen LogP contribution in [0.25, 0.3) is 11.5 Å². The average molecular weight is 243 g/mol. The highest BCUT2D eigenvalue weighted by molar-refractivity contribution is 5.95. The first-order chi connectivity index (χ1) is 8.00. The SMILES string of the molecule is Cc1ccc(-c2noc(C(F)F)c2C(=O)O)o1. The number of hydrogen-bond donors (Lipinski definition) is 1. The van der Waals surface area contributed by atoms with Crippen LogP contribution in [0, 0.1) is 6.92 Å². The van der Waals surface area contributed by atoms with Gasteiger partial charge in [0.2, 0.25) is 5.76 Å². The van der Waals surface area contributed by atoms with Gasteiger partial charge in [-0.3, -0.25) is 0 Å². The highest BCUT2D eigenvalue weighted by Crippen LogP contribution is 2.32. The van der Waals surface area contributed by atoms with Gasteiger partial charge < -0.3 is 14.0 Å². The van der Waals surface area contributed by atoms with Gasteiger partial charge in [-0.2, -0.15) is 0 Å². The van der Waals surface area contributed by atoms with Crippen LogP contribution in [0.15, 0.2) is 21.1 Å². The van der Waals surface area contributed by atoms with E-state index in [1.54, 1.807) is 13.0 Å². The summed E-state index contributed by atoms with van der Waals surface area (Å²) in [4.78, 5) is 10.9. The molecule has 2 aromatic rings. The second kappa shape index (κ2) is 4.00. The van der Waals surface area contributed by atoms with E-state index >= 15 is 0 Å². The van der Waals surface area contributed by atoms with E-state index in [9.17, 15) is 13.6 Å². The number of hydrogen-bond acceptors (Lipinski definition) is 4. The summed E-state index contributed by atoms with van der Waals surface area (Å²) in [6, 6.07) is 3.01. The smallest absolute Gasteiger partial charge is 0.342 e. The molecule has 0 aliphatic heterocycles. The molecule has 0 radical (unpaired) electrons. The zero-order valence-electron chi connectivity index (χ0n) is 8.61. The number of halogens is 2. The zero-order valence-corrected chi connectivity index (χ0v) is 8.61. The molecular formula is C10H7F2NO4. The van der Waals surface area contributed by atoms with Crippen LogP contribution >= 0.6 is 0 Å². The van der Waals surface area contributed by atoms with Crippen molar-refractivity contribution in [3.8, 4) is 11.5 Å². The lowest BCUT2D eigenvalue weighted by Crippen LogP contribution is -2.01. The molecule has 0 aliphatic rings. The van der Waals surface area contributed by atoms with Crippen LogP contribution in [0.1, 0.15) is 28.3 Å². The molecule has 17 heavy (non-hydrogen) atoms. The summed E-state index contributed by atoms with van der Waals surface area (Å²) < 4.78 is 34.5. The van der Waals surface area contributed by atoms with Gasteiger partial charge in [0.05, 0.1) is 0 Å². The molecule has 0 fully saturated rings. The highest BCUT2D eigenvalue weighted by Gasteiger charge is 2.30. The van der Waals surface area contributed by atoms with Crippen LogP contribution in [0.2, 0.25) is 0 Å². The number of rotatable bonds is 3. The van der Waals surface area contributed by atoms with Crippen molar-refractivity contribution in [1.82, 2.24) is 5.16 Å². The number of furan rings is 1. The first kappa shape index (κ1) is 11.3. The van der Waals surface area contributed by atoms with Crippen molar-refractivity contribution in [2.24, 2.45) is 0 Å². The molecule has 2 rings (SSSR count). The molecule has 0 saturated heterocycles. The number of carboxylic acids is 1. The first-order valence-electron chi connectivity index (χ1n) is 4.58. The standard InChI is InChI=1S/C10H7F2NO4/c1-4-2-3-5(16-4)7-6(10(14)15)8(9(11)12)17-13-7/h2-3,9H,1H3,(H,14,15). The number of carbonyl (C=O) groups is 1. The van der Waals surface area contributed by atoms with E-state index in [4.69, 9.17) is 9.52 Å². The molecule has 0 atom stereocenters. The van der Waals surface area contributed by atoms with E-state index in [-0.39, 0.29) is 11.5 Å². The lowest BCUT2D eigenvalue weighted by Gasteiger charge is -1.95. The topological polar surface area (TPSA) is 76.5 Å². The Labute approximate surface area is 93.6 Å². The molecular weight excluding hydrogens is 236 g/mol. The largest absolute Gasteiger partial charge is 0.477 e. The van der Waals surface area contributed by atoms with E-state index in [1.165, 1.54) is 6.07 Å². The van der Waals surface area contributed by atoms with Crippen molar-refractivity contribution >= 4 is 5.97 Å². The van der Waals surface area contributed by atoms with E-state index in [0.717, 1.165) is 0 Å². The number of carboxylic acid groups (broad SMARTS) is 1. The van der Waals surface area contributed by atoms with Crippen LogP contribution in [0.5, 0.6) is 0 Å². The van der Waals surface area contributed by atoms with Crippen molar-refractivity contribution in [2.75, 3.05) is 0 Å². The van der Waals surface area contributed by atoms with Crippen LogP contribution < -0.4 is 0 Å². The molecule has 0 unspecified atom stereocenters. The summed E-state index contributed by atoms with van der Waals surface area (Å²) in [5.74, 6) is -1.92. The maximum absolute atomic E-state index is 12.5. The van der Waals surface area contributed by atoms with Gasteiger partial charge in [0, 0.05) is 0 Å². The Bertz CT molecular complexity index is 558. The quantitative estimate of drug-likeness (QED) is 0.896. The zero-order chi connectivity index (χ0) is 12.6. The average Bonchev–Trinajstić information content (AvgIpc) is 2.82. The van der Waals surface area contributed by atoms with Gasteiger partial charge in [0.25, 0.3) is 6.43 Å². The molecule has 90 valence electrons. The highest BCUT2D eigenvalue weighted by atomic mass is 19.3. The molecule has 1 N–H and O–H groups in total. The van der Waals surface area contributed by atoms with Crippen molar-refractivity contribution in [3.05, 3.63) is 29.2 Å². The Balaban J connectivity index is 2.59. The fourth-order valence-corrected chi connectivity index (χ4v) is 1.39. The minimum atomic E-state index is -3.04. The predicted molar refractivity (Wildman–Crippen MR) is 50.9 cm³/mol. The Morgan fingerprint density at radius 1 is 1.47 bits per heavy atom. The Hall–Kier alpha value is -2.18. The van der Waals surface area contributed by atoms with Gasteiger partial charge in [-0.1, -0.05) is 5.16 Å². The Morgan fingerprint density at radius 3 is 2.65 bits per heavy atom. The molecule has 2 heterocycles. The summed E-state index contributed by atoms with van der Waals surface area (Å²) in [6.45, 7) is 1.64. The monoisotopic (exact) mass is 243 g/mol. The Kier molecular flexibility index (Phi) is 2.66. The normalized spacial score (nSPS) is 11.1. The maximum Gasteiger partial charge on any atom is 0.342 e.